The number of ether oxygens (including phenoxy) is 1. The molecule has 2 N–H and O–H groups in total. The van der Waals surface area contributed by atoms with Gasteiger partial charge in [-0.05, 0) is 33.6 Å². The molecular formula is C15H24N4O4. The van der Waals surface area contributed by atoms with Crippen molar-refractivity contribution in [2.24, 2.45) is 0 Å². The molecule has 1 fully saturated rings. The molecule has 0 saturated carbocycles. The normalized spacial score (nSPS) is 15.5. The summed E-state index contributed by atoms with van der Waals surface area (Å²) >= 11 is 0. The molecule has 0 atom stereocenters. The van der Waals surface area contributed by atoms with Crippen LogP contribution >= 0.6 is 0 Å². The number of nitrogens with one attached hydrogen (secondary N) is 2. The van der Waals surface area contributed by atoms with Crippen LogP contribution in [0.25, 0.3) is 0 Å². The van der Waals surface area contributed by atoms with Gasteiger partial charge in [0.25, 0.3) is 0 Å². The van der Waals surface area contributed by atoms with Crippen molar-refractivity contribution in [1.82, 2.24) is 15.5 Å². The first-order valence-corrected chi connectivity index (χ1v) is 7.62. The number of amides is 3. The minimum Gasteiger partial charge on any atom is -0.444 e. The summed E-state index contributed by atoms with van der Waals surface area (Å²) in [5, 5.41) is 13.7. The van der Waals surface area contributed by atoms with E-state index in [4.69, 9.17) is 10.00 Å². The van der Waals surface area contributed by atoms with E-state index in [1.54, 1.807) is 31.7 Å². The number of nitrogens with zero attached hydrogens (tertiary/aromatic N) is 2. The molecule has 0 aliphatic carbocycles. The Labute approximate surface area is 136 Å². The summed E-state index contributed by atoms with van der Waals surface area (Å²) in [6.07, 6.45) is 0.494. The topological polar surface area (TPSA) is 112 Å². The zero-order chi connectivity index (χ0) is 17.5. The van der Waals surface area contributed by atoms with E-state index in [0.717, 1.165) is 0 Å². The van der Waals surface area contributed by atoms with Gasteiger partial charge in [-0.15, -0.1) is 0 Å². The van der Waals surface area contributed by atoms with E-state index in [1.807, 2.05) is 0 Å². The van der Waals surface area contributed by atoms with Gasteiger partial charge in [0.1, 0.15) is 18.6 Å². The van der Waals surface area contributed by atoms with Crippen molar-refractivity contribution < 1.29 is 19.1 Å². The fraction of sp³-hybridized carbons (Fsp3) is 0.733. The molecule has 1 aliphatic heterocycles. The Kier molecular flexibility index (Phi) is 6.82. The van der Waals surface area contributed by atoms with Gasteiger partial charge >= 0.3 is 6.09 Å². The lowest BCUT2D eigenvalue weighted by molar-refractivity contribution is -0.131. The Hall–Kier alpha value is -2.30. The Balaban J connectivity index is 2.29. The third kappa shape index (κ3) is 7.49. The van der Waals surface area contributed by atoms with E-state index < -0.39 is 11.7 Å². The highest BCUT2D eigenvalue weighted by atomic mass is 16.6. The molecule has 0 spiro atoms. The molecule has 0 radical (unpaired) electrons. The Morgan fingerprint density at radius 2 is 1.87 bits per heavy atom. The lowest BCUT2D eigenvalue weighted by Gasteiger charge is -2.32. The lowest BCUT2D eigenvalue weighted by atomic mass is 10.0. The minimum absolute atomic E-state index is 0.0151. The molecule has 1 rings (SSSR count). The van der Waals surface area contributed by atoms with Crippen LogP contribution in [0.15, 0.2) is 0 Å². The van der Waals surface area contributed by atoms with Crippen LogP contribution in [-0.4, -0.2) is 54.1 Å². The minimum atomic E-state index is -0.621. The summed E-state index contributed by atoms with van der Waals surface area (Å²) in [6, 6.07) is 1.78. The Morgan fingerprint density at radius 3 is 2.39 bits per heavy atom. The van der Waals surface area contributed by atoms with Gasteiger partial charge in [0, 0.05) is 19.1 Å². The smallest absolute Gasteiger partial charge is 0.408 e. The summed E-state index contributed by atoms with van der Waals surface area (Å²) in [4.78, 5) is 36.5. The van der Waals surface area contributed by atoms with Crippen molar-refractivity contribution >= 4 is 17.9 Å². The first-order chi connectivity index (χ1) is 10.7. The molecule has 0 aromatic rings. The van der Waals surface area contributed by atoms with E-state index in [-0.39, 0.29) is 30.8 Å². The van der Waals surface area contributed by atoms with Gasteiger partial charge in [0.05, 0.1) is 6.07 Å². The van der Waals surface area contributed by atoms with Crippen LogP contribution in [0, 0.1) is 11.3 Å². The quantitative estimate of drug-likeness (QED) is 0.783. The van der Waals surface area contributed by atoms with Crippen molar-refractivity contribution in [1.29, 1.82) is 5.26 Å². The maximum absolute atomic E-state index is 12.0. The number of carbonyl (C=O) groups is 3. The number of carbonyl (C=O) groups excluding carboxylic acids is 3. The molecule has 23 heavy (non-hydrogen) atoms. The summed E-state index contributed by atoms with van der Waals surface area (Å²) in [5.41, 5.74) is -0.604. The molecule has 1 heterocycles. The maximum atomic E-state index is 12.0. The molecule has 1 aliphatic rings. The SMILES string of the molecule is CC(C)(C)OC(=O)NCC(=O)N1CCC(NC(=O)CC#N)CC1. The summed E-state index contributed by atoms with van der Waals surface area (Å²) < 4.78 is 5.06. The van der Waals surface area contributed by atoms with Gasteiger partial charge in [-0.3, -0.25) is 9.59 Å². The number of hydrogen-bond donors (Lipinski definition) is 2. The summed E-state index contributed by atoms with van der Waals surface area (Å²) in [6.45, 7) is 6.15. The standard InChI is InChI=1S/C15H24N4O4/c1-15(2,3)23-14(22)17-10-13(21)19-8-5-11(6-9-19)18-12(20)4-7-16/h11H,4-6,8-10H2,1-3H3,(H,17,22)(H,18,20). The van der Waals surface area contributed by atoms with Crippen LogP contribution in [0.4, 0.5) is 4.79 Å². The third-order valence-corrected chi connectivity index (χ3v) is 3.24. The third-order valence-electron chi connectivity index (χ3n) is 3.24. The van der Waals surface area contributed by atoms with Gasteiger partial charge in [-0.2, -0.15) is 5.26 Å². The van der Waals surface area contributed by atoms with Crippen LogP contribution in [0.5, 0.6) is 0 Å². The van der Waals surface area contributed by atoms with Crippen LogP contribution in [0.3, 0.4) is 0 Å². The van der Waals surface area contributed by atoms with Crippen molar-refractivity contribution in [3.8, 4) is 6.07 Å². The lowest BCUT2D eigenvalue weighted by Crippen LogP contribution is -2.49. The van der Waals surface area contributed by atoms with Crippen molar-refractivity contribution in [2.45, 2.75) is 51.7 Å². The first kappa shape index (κ1) is 18.7. The van der Waals surface area contributed by atoms with Crippen LogP contribution < -0.4 is 10.6 Å². The van der Waals surface area contributed by atoms with E-state index in [1.165, 1.54) is 0 Å². The molecule has 1 saturated heterocycles. The number of piperidine rings is 1. The number of rotatable bonds is 4. The second-order valence-corrected chi connectivity index (χ2v) is 6.41. The molecule has 128 valence electrons. The van der Waals surface area contributed by atoms with Crippen molar-refractivity contribution in [3.63, 3.8) is 0 Å². The highest BCUT2D eigenvalue weighted by Crippen LogP contribution is 2.11. The number of nitriles is 1. The average Bonchev–Trinajstić information content (AvgIpc) is 2.44. The maximum Gasteiger partial charge on any atom is 0.408 e. The zero-order valence-electron chi connectivity index (χ0n) is 13.8. The van der Waals surface area contributed by atoms with Gasteiger partial charge in [0.15, 0.2) is 0 Å². The zero-order valence-corrected chi connectivity index (χ0v) is 13.8. The summed E-state index contributed by atoms with van der Waals surface area (Å²) in [7, 11) is 0. The first-order valence-electron chi connectivity index (χ1n) is 7.62. The van der Waals surface area contributed by atoms with Gasteiger partial charge in [-0.1, -0.05) is 0 Å². The van der Waals surface area contributed by atoms with Crippen LogP contribution in [-0.2, 0) is 14.3 Å². The van der Waals surface area contributed by atoms with Gasteiger partial charge in [0.2, 0.25) is 11.8 Å². The number of likely N-dealkylation sites (tertiary alicyclic amines) is 1. The highest BCUT2D eigenvalue weighted by molar-refractivity contribution is 5.82. The number of hydrogen-bond acceptors (Lipinski definition) is 5. The predicted molar refractivity (Wildman–Crippen MR) is 82.2 cm³/mol. The van der Waals surface area contributed by atoms with Crippen molar-refractivity contribution in [2.75, 3.05) is 19.6 Å². The second kappa shape index (κ2) is 8.36. The van der Waals surface area contributed by atoms with Gasteiger partial charge < -0.3 is 20.3 Å². The monoisotopic (exact) mass is 324 g/mol. The van der Waals surface area contributed by atoms with Gasteiger partial charge in [-0.25, -0.2) is 4.79 Å². The predicted octanol–water partition coefficient (Wildman–Crippen LogP) is 0.532. The highest BCUT2D eigenvalue weighted by Gasteiger charge is 2.24. The van der Waals surface area contributed by atoms with E-state index in [0.29, 0.717) is 25.9 Å². The molecule has 3 amide bonds. The molecule has 0 bridgehead atoms. The van der Waals surface area contributed by atoms with Crippen LogP contribution in [0.1, 0.15) is 40.0 Å². The van der Waals surface area contributed by atoms with E-state index >= 15 is 0 Å². The van der Waals surface area contributed by atoms with Crippen LogP contribution in [0.2, 0.25) is 0 Å². The average molecular weight is 324 g/mol. The molecular weight excluding hydrogens is 300 g/mol. The largest absolute Gasteiger partial charge is 0.444 e. The second-order valence-electron chi connectivity index (χ2n) is 6.41. The molecule has 0 aromatic heterocycles. The fourth-order valence-corrected chi connectivity index (χ4v) is 2.20. The fourth-order valence-electron chi connectivity index (χ4n) is 2.20. The van der Waals surface area contributed by atoms with E-state index in [9.17, 15) is 14.4 Å². The molecule has 0 aromatic carbocycles. The van der Waals surface area contributed by atoms with E-state index in [2.05, 4.69) is 10.6 Å². The summed E-state index contributed by atoms with van der Waals surface area (Å²) in [5.74, 6) is -0.471. The Bertz CT molecular complexity index is 485. The molecule has 8 heteroatoms. The molecule has 0 unspecified atom stereocenters. The number of alkyl carbamates (subject to hydrolysis) is 1. The van der Waals surface area contributed by atoms with Crippen molar-refractivity contribution in [3.05, 3.63) is 0 Å². The Morgan fingerprint density at radius 1 is 1.26 bits per heavy atom. The molecule has 8 nitrogen and oxygen atoms in total.